The van der Waals surface area contributed by atoms with Gasteiger partial charge in [0.1, 0.15) is 0 Å². The number of methoxy groups -OCH3 is 1. The summed E-state index contributed by atoms with van der Waals surface area (Å²) in [6.07, 6.45) is 3.41. The second-order valence-corrected chi connectivity index (χ2v) is 6.00. The van der Waals surface area contributed by atoms with Crippen LogP contribution in [0, 0.1) is 5.92 Å². The SMILES string of the molecule is COC(=O)CCc1csc(N(C)CC2CCCOC2)n1. The molecule has 5 nitrogen and oxygen atoms in total. The number of aryl methyl sites for hydroxylation is 1. The van der Waals surface area contributed by atoms with Crippen molar-refractivity contribution in [3.8, 4) is 0 Å². The largest absolute Gasteiger partial charge is 0.469 e. The minimum Gasteiger partial charge on any atom is -0.469 e. The number of carbonyl (C=O) groups excluding carboxylic acids is 1. The fourth-order valence-corrected chi connectivity index (χ4v) is 3.17. The third kappa shape index (κ3) is 4.45. The lowest BCUT2D eigenvalue weighted by molar-refractivity contribution is -0.140. The van der Waals surface area contributed by atoms with Gasteiger partial charge in [-0.2, -0.15) is 0 Å². The first-order valence-electron chi connectivity index (χ1n) is 6.99. The fraction of sp³-hybridized carbons (Fsp3) is 0.714. The van der Waals surface area contributed by atoms with Gasteiger partial charge in [-0.1, -0.05) is 0 Å². The second kappa shape index (κ2) is 7.59. The van der Waals surface area contributed by atoms with E-state index in [4.69, 9.17) is 4.74 Å². The molecule has 6 heteroatoms. The highest BCUT2D eigenvalue weighted by molar-refractivity contribution is 7.13. The van der Waals surface area contributed by atoms with E-state index in [0.717, 1.165) is 37.0 Å². The minimum absolute atomic E-state index is 0.188. The molecule has 0 radical (unpaired) electrons. The van der Waals surface area contributed by atoms with Gasteiger partial charge in [-0.25, -0.2) is 4.98 Å². The maximum atomic E-state index is 11.1. The summed E-state index contributed by atoms with van der Waals surface area (Å²) in [4.78, 5) is 17.9. The van der Waals surface area contributed by atoms with Crippen molar-refractivity contribution >= 4 is 22.4 Å². The standard InChI is InChI=1S/C14H22N2O3S/c1-16(8-11-4-3-7-19-9-11)14-15-12(10-20-14)5-6-13(17)18-2/h10-11H,3-9H2,1-2H3. The van der Waals surface area contributed by atoms with E-state index in [1.807, 2.05) is 5.38 Å². The van der Waals surface area contributed by atoms with Crippen molar-refractivity contribution in [1.82, 2.24) is 4.98 Å². The predicted molar refractivity (Wildman–Crippen MR) is 79.3 cm³/mol. The average Bonchev–Trinajstić information content (AvgIpc) is 2.95. The smallest absolute Gasteiger partial charge is 0.305 e. The summed E-state index contributed by atoms with van der Waals surface area (Å²) in [5, 5.41) is 3.03. The molecule has 0 bridgehead atoms. The minimum atomic E-state index is -0.188. The van der Waals surface area contributed by atoms with E-state index in [2.05, 4.69) is 21.7 Å². The van der Waals surface area contributed by atoms with Gasteiger partial charge in [-0.05, 0) is 18.8 Å². The lowest BCUT2D eigenvalue weighted by Crippen LogP contribution is -2.30. The molecule has 0 spiro atoms. The highest BCUT2D eigenvalue weighted by atomic mass is 32.1. The van der Waals surface area contributed by atoms with Crippen LogP contribution in [-0.4, -0.2) is 44.9 Å². The van der Waals surface area contributed by atoms with E-state index in [9.17, 15) is 4.79 Å². The molecule has 0 aliphatic carbocycles. The lowest BCUT2D eigenvalue weighted by atomic mass is 10.0. The normalized spacial score (nSPS) is 18.8. The molecule has 20 heavy (non-hydrogen) atoms. The Balaban J connectivity index is 1.82. The van der Waals surface area contributed by atoms with Crippen molar-refractivity contribution in [3.63, 3.8) is 0 Å². The number of thiazole rings is 1. The molecule has 2 heterocycles. The van der Waals surface area contributed by atoms with Gasteiger partial charge in [0.15, 0.2) is 5.13 Å². The maximum absolute atomic E-state index is 11.1. The maximum Gasteiger partial charge on any atom is 0.305 e. The van der Waals surface area contributed by atoms with Crippen LogP contribution < -0.4 is 4.90 Å². The number of carbonyl (C=O) groups is 1. The van der Waals surface area contributed by atoms with Crippen molar-refractivity contribution in [1.29, 1.82) is 0 Å². The highest BCUT2D eigenvalue weighted by Crippen LogP contribution is 2.23. The molecule has 0 aromatic carbocycles. The van der Waals surface area contributed by atoms with Crippen LogP contribution in [0.3, 0.4) is 0 Å². The summed E-state index contributed by atoms with van der Waals surface area (Å²) < 4.78 is 10.1. The van der Waals surface area contributed by atoms with Crippen molar-refractivity contribution in [2.24, 2.45) is 5.92 Å². The van der Waals surface area contributed by atoms with Crippen molar-refractivity contribution < 1.29 is 14.3 Å². The van der Waals surface area contributed by atoms with E-state index >= 15 is 0 Å². The summed E-state index contributed by atoms with van der Waals surface area (Å²) in [5.74, 6) is 0.406. The number of esters is 1. The summed E-state index contributed by atoms with van der Waals surface area (Å²) in [7, 11) is 3.48. The number of rotatable bonds is 6. The van der Waals surface area contributed by atoms with E-state index < -0.39 is 0 Å². The monoisotopic (exact) mass is 298 g/mol. The molecule has 1 atom stereocenters. The van der Waals surface area contributed by atoms with Gasteiger partial charge in [-0.15, -0.1) is 11.3 Å². The molecule has 0 N–H and O–H groups in total. The molecule has 1 aromatic heterocycles. The molecule has 1 fully saturated rings. The molecule has 0 amide bonds. The summed E-state index contributed by atoms with van der Waals surface area (Å²) >= 11 is 1.63. The third-order valence-electron chi connectivity index (χ3n) is 3.47. The summed E-state index contributed by atoms with van der Waals surface area (Å²) in [5.41, 5.74) is 0.960. The van der Waals surface area contributed by atoms with Crippen LogP contribution in [0.2, 0.25) is 0 Å². The van der Waals surface area contributed by atoms with E-state index in [-0.39, 0.29) is 5.97 Å². The van der Waals surface area contributed by atoms with Gasteiger partial charge in [-0.3, -0.25) is 4.79 Å². The van der Waals surface area contributed by atoms with Gasteiger partial charge in [0.25, 0.3) is 0 Å². The van der Waals surface area contributed by atoms with Crippen molar-refractivity contribution in [2.75, 3.05) is 38.8 Å². The van der Waals surface area contributed by atoms with Gasteiger partial charge in [0.05, 0.1) is 25.8 Å². The molecule has 1 saturated heterocycles. The quantitative estimate of drug-likeness (QED) is 0.753. The Morgan fingerprint density at radius 1 is 1.65 bits per heavy atom. The van der Waals surface area contributed by atoms with Gasteiger partial charge in [0.2, 0.25) is 0 Å². The molecule has 1 unspecified atom stereocenters. The second-order valence-electron chi connectivity index (χ2n) is 5.16. The Kier molecular flexibility index (Phi) is 5.79. The Morgan fingerprint density at radius 2 is 2.50 bits per heavy atom. The third-order valence-corrected chi connectivity index (χ3v) is 4.47. The summed E-state index contributed by atoms with van der Waals surface area (Å²) in [6.45, 7) is 2.73. The lowest BCUT2D eigenvalue weighted by Gasteiger charge is -2.26. The molecular formula is C14H22N2O3S. The first-order chi connectivity index (χ1) is 9.69. The Bertz CT molecular complexity index is 430. The number of anilines is 1. The molecule has 1 aliphatic rings. The first-order valence-corrected chi connectivity index (χ1v) is 7.87. The molecule has 112 valence electrons. The first kappa shape index (κ1) is 15.3. The molecule has 0 saturated carbocycles. The number of aromatic nitrogens is 1. The van der Waals surface area contributed by atoms with Gasteiger partial charge >= 0.3 is 5.97 Å². The van der Waals surface area contributed by atoms with E-state index in [1.165, 1.54) is 13.5 Å². The van der Waals surface area contributed by atoms with E-state index in [0.29, 0.717) is 18.8 Å². The molecular weight excluding hydrogens is 276 g/mol. The number of nitrogens with zero attached hydrogens (tertiary/aromatic N) is 2. The highest BCUT2D eigenvalue weighted by Gasteiger charge is 2.17. The zero-order valence-electron chi connectivity index (χ0n) is 12.1. The van der Waals surface area contributed by atoms with Crippen LogP contribution in [-0.2, 0) is 20.7 Å². The van der Waals surface area contributed by atoms with Crippen LogP contribution in [0.4, 0.5) is 5.13 Å². The zero-order valence-corrected chi connectivity index (χ0v) is 12.9. The zero-order chi connectivity index (χ0) is 14.4. The van der Waals surface area contributed by atoms with Gasteiger partial charge in [0, 0.05) is 32.0 Å². The Morgan fingerprint density at radius 3 is 3.20 bits per heavy atom. The molecule has 1 aliphatic heterocycles. The molecule has 2 rings (SSSR count). The number of ether oxygens (including phenoxy) is 2. The van der Waals surface area contributed by atoms with Crippen LogP contribution in [0.1, 0.15) is 25.0 Å². The molecule has 1 aromatic rings. The van der Waals surface area contributed by atoms with Crippen LogP contribution in [0.5, 0.6) is 0 Å². The average molecular weight is 298 g/mol. The Labute approximate surface area is 123 Å². The topological polar surface area (TPSA) is 51.7 Å². The Hall–Kier alpha value is -1.14. The van der Waals surface area contributed by atoms with Crippen molar-refractivity contribution in [3.05, 3.63) is 11.1 Å². The van der Waals surface area contributed by atoms with Crippen LogP contribution in [0.25, 0.3) is 0 Å². The van der Waals surface area contributed by atoms with Gasteiger partial charge < -0.3 is 14.4 Å². The van der Waals surface area contributed by atoms with E-state index in [1.54, 1.807) is 11.3 Å². The van der Waals surface area contributed by atoms with Crippen LogP contribution >= 0.6 is 11.3 Å². The van der Waals surface area contributed by atoms with Crippen molar-refractivity contribution in [2.45, 2.75) is 25.7 Å². The number of hydrogen-bond acceptors (Lipinski definition) is 6. The number of hydrogen-bond donors (Lipinski definition) is 0. The fourth-order valence-electron chi connectivity index (χ4n) is 2.34. The van der Waals surface area contributed by atoms with Crippen LogP contribution in [0.15, 0.2) is 5.38 Å². The predicted octanol–water partition coefficient (Wildman–Crippen LogP) is 2.11. The summed E-state index contributed by atoms with van der Waals surface area (Å²) in [6, 6.07) is 0.